The molecule has 0 fully saturated rings. The minimum Gasteiger partial charge on any atom is -0.481 e. The number of benzene rings is 4. The van der Waals surface area contributed by atoms with Crippen LogP contribution in [0.3, 0.4) is 0 Å². The molecular weight excluding hydrogens is 651 g/mol. The van der Waals surface area contributed by atoms with Crippen molar-refractivity contribution in [3.63, 3.8) is 0 Å². The number of aliphatic carboxylic acids is 1. The molecule has 0 spiro atoms. The number of carboxylic acids is 1. The fraction of sp³-hybridized carbons (Fsp3) is 0.263. The molecule has 8 nitrogen and oxygen atoms in total. The van der Waals surface area contributed by atoms with Crippen molar-refractivity contribution in [3.05, 3.63) is 128 Å². The Morgan fingerprint density at radius 2 is 1.08 bits per heavy atom. The topological polar surface area (TPSA) is 104 Å². The van der Waals surface area contributed by atoms with Gasteiger partial charge in [-0.25, -0.2) is 0 Å². The summed E-state index contributed by atoms with van der Waals surface area (Å²) in [7, 11) is 0. The highest BCUT2D eigenvalue weighted by Gasteiger charge is 2.30. The van der Waals surface area contributed by atoms with Crippen molar-refractivity contribution >= 4 is 58.3 Å². The Balaban J connectivity index is 0.000000190. The first-order chi connectivity index (χ1) is 22.6. The Morgan fingerprint density at radius 1 is 0.688 bits per heavy atom. The number of carboxylic acid groups (broad SMARTS) is 1. The van der Waals surface area contributed by atoms with E-state index in [2.05, 4.69) is 0 Å². The van der Waals surface area contributed by atoms with E-state index in [0.717, 1.165) is 28.1 Å². The number of carbonyl (C=O) groups is 4. The van der Waals surface area contributed by atoms with Crippen molar-refractivity contribution in [2.24, 2.45) is 0 Å². The number of carbonyl (C=O) groups excluding carboxylic acids is 3. The lowest BCUT2D eigenvalue weighted by Crippen LogP contribution is -2.27. The summed E-state index contributed by atoms with van der Waals surface area (Å²) in [5.74, 6) is -2.21. The molecule has 4 aromatic rings. The molecule has 4 aromatic carbocycles. The lowest BCUT2D eigenvalue weighted by atomic mass is 10.0. The second-order valence-electron chi connectivity index (χ2n) is 12.9. The minimum atomic E-state index is -0.868. The molecule has 2 amide bonds. The summed E-state index contributed by atoms with van der Waals surface area (Å²) in [6.07, 6.45) is 0. The molecule has 48 heavy (non-hydrogen) atoms. The first kappa shape index (κ1) is 34.7. The fourth-order valence-corrected chi connectivity index (χ4v) is 5.86. The zero-order valence-corrected chi connectivity index (χ0v) is 28.8. The highest BCUT2D eigenvalue weighted by atomic mass is 35.5. The van der Waals surface area contributed by atoms with E-state index in [4.69, 9.17) is 33.0 Å². The maximum absolute atomic E-state index is 12.6. The monoisotopic (exact) mass is 686 g/mol. The fourth-order valence-electron chi connectivity index (χ4n) is 5.52. The third-order valence-corrected chi connectivity index (χ3v) is 8.76. The van der Waals surface area contributed by atoms with Crippen LogP contribution in [0.15, 0.2) is 84.9 Å². The second kappa shape index (κ2) is 13.8. The predicted molar refractivity (Wildman–Crippen MR) is 187 cm³/mol. The van der Waals surface area contributed by atoms with Crippen LogP contribution in [0.25, 0.3) is 0 Å². The standard InChI is InChI=1S/C21H22ClNO3.C17H14ClNO3/c1-13(20(25)26-21(2,3)4)14-6-9-17(10-7-14)23-12-15-5-8-16(22)11-18(15)19(23)24;1-10(17(21)22)11-3-6-14(7-4-11)19-9-12-2-5-13(18)8-15(12)16(19)20/h5-11,13H,12H2,1-4H3;2-8,10H,9H2,1H3,(H,21,22). The van der Waals surface area contributed by atoms with E-state index < -0.39 is 17.5 Å². The smallest absolute Gasteiger partial charge is 0.313 e. The van der Waals surface area contributed by atoms with Crippen LogP contribution in [-0.2, 0) is 27.4 Å². The largest absolute Gasteiger partial charge is 0.481 e. The van der Waals surface area contributed by atoms with Crippen molar-refractivity contribution < 1.29 is 29.0 Å². The Labute approximate surface area is 289 Å². The molecular formula is C38H36Cl2N2O6. The van der Waals surface area contributed by atoms with Gasteiger partial charge in [0.2, 0.25) is 0 Å². The van der Waals surface area contributed by atoms with Gasteiger partial charge in [0, 0.05) is 32.5 Å². The van der Waals surface area contributed by atoms with Crippen molar-refractivity contribution in [1.29, 1.82) is 0 Å². The van der Waals surface area contributed by atoms with E-state index in [1.165, 1.54) is 0 Å². The minimum absolute atomic E-state index is 0.0598. The summed E-state index contributed by atoms with van der Waals surface area (Å²) < 4.78 is 5.44. The van der Waals surface area contributed by atoms with Gasteiger partial charge in [-0.15, -0.1) is 0 Å². The highest BCUT2D eigenvalue weighted by Crippen LogP contribution is 2.33. The summed E-state index contributed by atoms with van der Waals surface area (Å²) in [4.78, 5) is 51.7. The van der Waals surface area contributed by atoms with E-state index in [1.807, 2.05) is 64.1 Å². The van der Waals surface area contributed by atoms with Crippen LogP contribution in [0.4, 0.5) is 11.4 Å². The van der Waals surface area contributed by atoms with Gasteiger partial charge in [-0.1, -0.05) is 59.6 Å². The van der Waals surface area contributed by atoms with Gasteiger partial charge in [-0.05, 0) is 105 Å². The Morgan fingerprint density at radius 3 is 1.46 bits per heavy atom. The average Bonchev–Trinajstić information content (AvgIpc) is 3.55. The van der Waals surface area contributed by atoms with E-state index in [-0.39, 0.29) is 23.7 Å². The second-order valence-corrected chi connectivity index (χ2v) is 13.8. The average molecular weight is 688 g/mol. The number of rotatable bonds is 6. The van der Waals surface area contributed by atoms with Crippen LogP contribution in [-0.4, -0.2) is 34.5 Å². The lowest BCUT2D eigenvalue weighted by Gasteiger charge is -2.23. The van der Waals surface area contributed by atoms with Crippen LogP contribution in [0, 0.1) is 0 Å². The summed E-state index contributed by atoms with van der Waals surface area (Å²) in [6, 6.07) is 25.2. The van der Waals surface area contributed by atoms with Crippen LogP contribution < -0.4 is 9.80 Å². The Bertz CT molecular complexity index is 1880. The van der Waals surface area contributed by atoms with E-state index in [0.29, 0.717) is 39.8 Å². The quantitative estimate of drug-likeness (QED) is 0.204. The number of halogens is 2. The number of fused-ring (bicyclic) bond motifs is 2. The Hall–Kier alpha value is -4.66. The molecule has 2 unspecified atom stereocenters. The number of nitrogens with zero attached hydrogens (tertiary/aromatic N) is 2. The van der Waals surface area contributed by atoms with Gasteiger partial charge in [0.1, 0.15) is 5.60 Å². The Kier molecular flexibility index (Phi) is 9.99. The molecule has 2 heterocycles. The predicted octanol–water partition coefficient (Wildman–Crippen LogP) is 8.63. The van der Waals surface area contributed by atoms with Gasteiger partial charge in [0.05, 0.1) is 24.9 Å². The number of anilines is 2. The van der Waals surface area contributed by atoms with Crippen molar-refractivity contribution in [1.82, 2.24) is 0 Å². The molecule has 0 bridgehead atoms. The third-order valence-electron chi connectivity index (χ3n) is 8.29. The third kappa shape index (κ3) is 7.56. The molecule has 2 aliphatic heterocycles. The highest BCUT2D eigenvalue weighted by molar-refractivity contribution is 6.31. The van der Waals surface area contributed by atoms with Gasteiger partial charge >= 0.3 is 11.9 Å². The molecule has 0 saturated carbocycles. The summed E-state index contributed by atoms with van der Waals surface area (Å²) in [5, 5.41) is 10.1. The van der Waals surface area contributed by atoms with Crippen molar-refractivity contribution in [3.8, 4) is 0 Å². The molecule has 1 N–H and O–H groups in total. The molecule has 0 aromatic heterocycles. The number of ether oxygens (including phenoxy) is 1. The summed E-state index contributed by atoms with van der Waals surface area (Å²) in [6.45, 7) is 10.0. The molecule has 0 aliphatic carbocycles. The molecule has 2 aliphatic rings. The summed E-state index contributed by atoms with van der Waals surface area (Å²) >= 11 is 11.9. The zero-order chi connectivity index (χ0) is 34.9. The van der Waals surface area contributed by atoms with Gasteiger partial charge < -0.3 is 19.6 Å². The van der Waals surface area contributed by atoms with Gasteiger partial charge in [0.25, 0.3) is 11.8 Å². The normalized spacial score (nSPS) is 14.9. The summed E-state index contributed by atoms with van der Waals surface area (Å²) in [5.41, 5.74) is 5.77. The molecule has 0 radical (unpaired) electrons. The van der Waals surface area contributed by atoms with Gasteiger partial charge in [-0.2, -0.15) is 0 Å². The van der Waals surface area contributed by atoms with Crippen LogP contribution in [0.1, 0.15) is 89.4 Å². The maximum atomic E-state index is 12.6. The van der Waals surface area contributed by atoms with Crippen LogP contribution >= 0.6 is 23.2 Å². The zero-order valence-electron chi connectivity index (χ0n) is 27.3. The van der Waals surface area contributed by atoms with Gasteiger partial charge in [0.15, 0.2) is 0 Å². The van der Waals surface area contributed by atoms with Crippen molar-refractivity contribution in [2.75, 3.05) is 9.80 Å². The molecule has 6 rings (SSSR count). The molecule has 248 valence electrons. The maximum Gasteiger partial charge on any atom is 0.313 e. The molecule has 10 heteroatoms. The van der Waals surface area contributed by atoms with Crippen LogP contribution in [0.5, 0.6) is 0 Å². The SMILES string of the molecule is CC(C(=O)O)c1ccc(N2Cc3ccc(Cl)cc3C2=O)cc1.CC(C(=O)OC(C)(C)C)c1ccc(N2Cc3ccc(Cl)cc3C2=O)cc1. The van der Waals surface area contributed by atoms with E-state index in [9.17, 15) is 19.2 Å². The first-order valence-corrected chi connectivity index (χ1v) is 16.2. The van der Waals surface area contributed by atoms with E-state index >= 15 is 0 Å². The number of hydrogen-bond donors (Lipinski definition) is 1. The first-order valence-electron chi connectivity index (χ1n) is 15.5. The number of amides is 2. The van der Waals surface area contributed by atoms with Gasteiger partial charge in [-0.3, -0.25) is 19.2 Å². The number of esters is 1. The van der Waals surface area contributed by atoms with Crippen LogP contribution in [0.2, 0.25) is 10.0 Å². The molecule has 2 atom stereocenters. The van der Waals surface area contributed by atoms with Crippen molar-refractivity contribution in [2.45, 2.75) is 65.1 Å². The lowest BCUT2D eigenvalue weighted by molar-refractivity contribution is -0.156. The molecule has 0 saturated heterocycles. The number of hydrogen-bond acceptors (Lipinski definition) is 5. The van der Waals surface area contributed by atoms with E-state index in [1.54, 1.807) is 65.3 Å².